The van der Waals surface area contributed by atoms with Gasteiger partial charge < -0.3 is 39.3 Å². The van der Waals surface area contributed by atoms with Crippen molar-refractivity contribution in [3.05, 3.63) is 70.4 Å². The average molecular weight is 794 g/mol. The fourth-order valence-corrected chi connectivity index (χ4v) is 8.31. The van der Waals surface area contributed by atoms with E-state index in [4.69, 9.17) is 18.9 Å². The quantitative estimate of drug-likeness (QED) is 0.154. The lowest BCUT2D eigenvalue weighted by Gasteiger charge is -2.37. The van der Waals surface area contributed by atoms with E-state index in [1.165, 1.54) is 14.2 Å². The van der Waals surface area contributed by atoms with E-state index in [9.17, 15) is 24.0 Å². The third kappa shape index (κ3) is 7.94. The van der Waals surface area contributed by atoms with Gasteiger partial charge in [-0.3, -0.25) is 19.4 Å². The third-order valence-corrected chi connectivity index (χ3v) is 11.5. The van der Waals surface area contributed by atoms with E-state index in [1.807, 2.05) is 57.0 Å². The molecule has 15 heteroatoms. The molecule has 3 aliphatic rings. The second kappa shape index (κ2) is 16.9. The summed E-state index contributed by atoms with van der Waals surface area (Å²) in [6.45, 7) is 8.67. The van der Waals surface area contributed by atoms with Gasteiger partial charge in [-0.15, -0.1) is 0 Å². The molecule has 2 fully saturated rings. The van der Waals surface area contributed by atoms with Gasteiger partial charge in [0.25, 0.3) is 0 Å². The Morgan fingerprint density at radius 3 is 2.10 bits per heavy atom. The lowest BCUT2D eigenvalue weighted by atomic mass is 9.96. The Morgan fingerprint density at radius 2 is 1.43 bits per heavy atom. The van der Waals surface area contributed by atoms with E-state index in [0.29, 0.717) is 53.0 Å². The predicted octanol–water partition coefficient (Wildman–Crippen LogP) is 6.33. The summed E-state index contributed by atoms with van der Waals surface area (Å²) < 4.78 is 15.9. The number of alkyl carbamates (subject to hydrolysis) is 2. The number of nitrogens with zero attached hydrogens (tertiary/aromatic N) is 4. The van der Waals surface area contributed by atoms with Crippen LogP contribution < -0.4 is 16.1 Å². The summed E-state index contributed by atoms with van der Waals surface area (Å²) >= 11 is 0. The van der Waals surface area contributed by atoms with E-state index < -0.39 is 24.3 Å². The number of ether oxygens (including phenoxy) is 2. The van der Waals surface area contributed by atoms with Crippen LogP contribution in [0.15, 0.2) is 63.0 Å². The van der Waals surface area contributed by atoms with Crippen LogP contribution in [0.1, 0.15) is 83.6 Å². The van der Waals surface area contributed by atoms with E-state index in [1.54, 1.807) is 29.3 Å². The maximum Gasteiger partial charge on any atom is 0.407 e. The molecule has 2 saturated heterocycles. The minimum Gasteiger partial charge on any atom is -0.456 e. The molecule has 0 radical (unpaired) electrons. The van der Waals surface area contributed by atoms with Gasteiger partial charge in [0.1, 0.15) is 29.1 Å². The number of fused-ring (bicyclic) bond motifs is 2. The number of aliphatic imine (C=N–C) groups is 1. The van der Waals surface area contributed by atoms with Gasteiger partial charge in [0.05, 0.1) is 49.0 Å². The number of carbonyl (C=O) groups is 4. The lowest BCUT2D eigenvalue weighted by Crippen LogP contribution is -2.53. The molecule has 7 rings (SSSR count). The molecular formula is C43H51N7O8. The van der Waals surface area contributed by atoms with Gasteiger partial charge in [-0.1, -0.05) is 33.8 Å². The normalized spacial score (nSPS) is 19.3. The molecule has 0 aliphatic carbocycles. The third-order valence-electron chi connectivity index (χ3n) is 11.5. The molecule has 4 amide bonds. The summed E-state index contributed by atoms with van der Waals surface area (Å²) in [6.07, 6.45) is 6.89. The summed E-state index contributed by atoms with van der Waals surface area (Å²) in [5.41, 5.74) is 4.89. The number of piperidine rings is 1. The summed E-state index contributed by atoms with van der Waals surface area (Å²) in [7, 11) is 2.55. The Balaban J connectivity index is 1.08. The van der Waals surface area contributed by atoms with Crippen LogP contribution >= 0.6 is 0 Å². The number of hydrogen-bond acceptors (Lipinski definition) is 10. The minimum absolute atomic E-state index is 0.126. The van der Waals surface area contributed by atoms with Crippen molar-refractivity contribution in [1.29, 1.82) is 0 Å². The van der Waals surface area contributed by atoms with Crippen molar-refractivity contribution in [1.82, 2.24) is 30.4 Å². The van der Waals surface area contributed by atoms with Crippen molar-refractivity contribution in [2.75, 3.05) is 27.3 Å². The van der Waals surface area contributed by atoms with Gasteiger partial charge >= 0.3 is 12.2 Å². The number of hydrogen-bond donors (Lipinski definition) is 3. The van der Waals surface area contributed by atoms with Crippen molar-refractivity contribution in [3.63, 3.8) is 0 Å². The fraction of sp³-hybridized carbons (Fsp3) is 0.465. The number of aromatic amines is 1. The summed E-state index contributed by atoms with van der Waals surface area (Å²) in [6, 6.07) is 9.06. The number of benzene rings is 2. The summed E-state index contributed by atoms with van der Waals surface area (Å²) in [5, 5.41) is 6.26. The maximum absolute atomic E-state index is 13.9. The van der Waals surface area contributed by atoms with Crippen molar-refractivity contribution < 1.29 is 33.1 Å². The molecule has 2 aromatic carbocycles. The topological polar surface area (TPSA) is 189 Å². The van der Waals surface area contributed by atoms with E-state index >= 15 is 0 Å². The first kappa shape index (κ1) is 40.2. The number of rotatable bonds is 10. The van der Waals surface area contributed by atoms with Gasteiger partial charge in [0.15, 0.2) is 0 Å². The SMILES string of the molecule is COC(=O)N[C@H](C(=O)N1CCC[C@H]1C1=NC=C(c2ccc3c(=O)c4cc(-c5cnc([C@@H]6CCCCN6C(=O)[C@@H](NC(=O)OC)C(C)C)[nH]5)ccc4oc3c2)C1)C(C)C. The minimum atomic E-state index is -0.740. The van der Waals surface area contributed by atoms with Gasteiger partial charge in [0, 0.05) is 37.0 Å². The number of likely N-dealkylation sites (tertiary alicyclic amines) is 2. The van der Waals surface area contributed by atoms with Crippen LogP contribution in [0.5, 0.6) is 0 Å². The molecule has 58 heavy (non-hydrogen) atoms. The summed E-state index contributed by atoms with van der Waals surface area (Å²) in [4.78, 5) is 81.8. The highest BCUT2D eigenvalue weighted by Gasteiger charge is 2.39. The Bertz CT molecular complexity index is 2360. The Morgan fingerprint density at radius 1 is 0.793 bits per heavy atom. The van der Waals surface area contributed by atoms with Gasteiger partial charge in [-0.05, 0) is 85.4 Å². The number of H-pyrrole nitrogens is 1. The average Bonchev–Trinajstić information content (AvgIpc) is 4.03. The number of aromatic nitrogens is 2. The zero-order chi connectivity index (χ0) is 41.2. The highest BCUT2D eigenvalue weighted by molar-refractivity contribution is 6.04. The smallest absolute Gasteiger partial charge is 0.407 e. The largest absolute Gasteiger partial charge is 0.456 e. The molecule has 15 nitrogen and oxygen atoms in total. The highest BCUT2D eigenvalue weighted by Crippen LogP contribution is 2.34. The maximum atomic E-state index is 13.9. The van der Waals surface area contributed by atoms with Crippen molar-refractivity contribution >= 4 is 57.2 Å². The number of allylic oxidation sites excluding steroid dienone is 1. The molecular weight excluding hydrogens is 743 g/mol. The van der Waals surface area contributed by atoms with Crippen molar-refractivity contribution in [2.45, 2.75) is 90.4 Å². The van der Waals surface area contributed by atoms with Crippen LogP contribution in [-0.2, 0) is 19.1 Å². The lowest BCUT2D eigenvalue weighted by molar-refractivity contribution is -0.138. The molecule has 306 valence electrons. The number of amides is 4. The molecule has 3 N–H and O–H groups in total. The standard InChI is InChI=1S/C43H51N7O8/c1-23(2)36(47-42(54)56-5)40(52)49-17-9-11-32(49)30-19-27(21-44-30)25-12-14-28-35(20-25)58-34-15-13-26(18-29(34)38(28)51)31-22-45-39(46-31)33-10-7-8-16-50(33)41(53)37(24(3)4)48-43(55)57-6/h12-15,18,20-24,32-33,36-37H,7-11,16-17,19H2,1-6H3,(H,45,46)(H,47,54)(H,48,55)/t32-,33-,36-,37-/m0/s1. The number of imidazole rings is 1. The van der Waals surface area contributed by atoms with E-state index in [-0.39, 0.29) is 41.2 Å². The summed E-state index contributed by atoms with van der Waals surface area (Å²) in [5.74, 6) is 0.0299. The van der Waals surface area contributed by atoms with Gasteiger partial charge in [-0.25, -0.2) is 14.6 Å². The molecule has 0 spiro atoms. The molecule has 4 aromatic rings. The van der Waals surface area contributed by atoms with E-state index in [2.05, 4.69) is 20.6 Å². The second-order valence-corrected chi connectivity index (χ2v) is 15.9. The zero-order valence-corrected chi connectivity index (χ0v) is 33.8. The molecule has 4 atom stereocenters. The van der Waals surface area contributed by atoms with Crippen LogP contribution in [0, 0.1) is 11.8 Å². The molecule has 0 saturated carbocycles. The highest BCUT2D eigenvalue weighted by atomic mass is 16.5. The number of methoxy groups -OCH3 is 2. The Labute approximate surface area is 336 Å². The van der Waals surface area contributed by atoms with Crippen LogP contribution in [0.2, 0.25) is 0 Å². The Hall–Kier alpha value is -5.99. The van der Waals surface area contributed by atoms with Gasteiger partial charge in [0.2, 0.25) is 17.2 Å². The van der Waals surface area contributed by atoms with Crippen molar-refractivity contribution in [2.24, 2.45) is 16.8 Å². The van der Waals surface area contributed by atoms with Gasteiger partial charge in [-0.2, -0.15) is 0 Å². The molecule has 0 unspecified atom stereocenters. The second-order valence-electron chi connectivity index (χ2n) is 15.9. The van der Waals surface area contributed by atoms with Crippen molar-refractivity contribution in [3.8, 4) is 11.3 Å². The molecule has 3 aliphatic heterocycles. The monoisotopic (exact) mass is 793 g/mol. The van der Waals surface area contributed by atoms with Crippen LogP contribution in [0.4, 0.5) is 9.59 Å². The molecule has 5 heterocycles. The number of nitrogens with one attached hydrogen (secondary N) is 3. The first-order valence-corrected chi connectivity index (χ1v) is 20.0. The number of carbonyl (C=O) groups excluding carboxylic acids is 4. The fourth-order valence-electron chi connectivity index (χ4n) is 8.31. The van der Waals surface area contributed by atoms with Crippen LogP contribution in [0.3, 0.4) is 0 Å². The first-order chi connectivity index (χ1) is 27.9. The molecule has 0 bridgehead atoms. The van der Waals surface area contributed by atoms with E-state index in [0.717, 1.165) is 54.5 Å². The zero-order valence-electron chi connectivity index (χ0n) is 33.8. The predicted molar refractivity (Wildman–Crippen MR) is 219 cm³/mol. The van der Waals surface area contributed by atoms with Crippen LogP contribution in [0.25, 0.3) is 38.8 Å². The molecule has 2 aromatic heterocycles. The Kier molecular flexibility index (Phi) is 11.7. The van der Waals surface area contributed by atoms with Crippen LogP contribution in [-0.4, -0.2) is 94.9 Å². The first-order valence-electron chi connectivity index (χ1n) is 20.0.